The summed E-state index contributed by atoms with van der Waals surface area (Å²) in [4.78, 5) is 11.6. The highest BCUT2D eigenvalue weighted by atomic mass is 16.5. The lowest BCUT2D eigenvalue weighted by Crippen LogP contribution is -2.16. The van der Waals surface area contributed by atoms with Gasteiger partial charge in [-0.1, -0.05) is 0 Å². The Hall–Kier alpha value is -2.76. The van der Waals surface area contributed by atoms with Gasteiger partial charge in [0.1, 0.15) is 5.76 Å². The largest absolute Gasteiger partial charge is 0.504 e. The zero-order valence-corrected chi connectivity index (χ0v) is 11.1. The average molecular weight is 274 g/mol. The van der Waals surface area contributed by atoms with Crippen LogP contribution in [0, 0.1) is 6.92 Å². The first-order valence-corrected chi connectivity index (χ1v) is 5.87. The highest BCUT2D eigenvalue weighted by Crippen LogP contribution is 2.25. The number of benzene rings is 1. The average Bonchev–Trinajstić information content (AvgIpc) is 2.87. The molecule has 2 rings (SSSR count). The fourth-order valence-electron chi connectivity index (χ4n) is 1.55. The van der Waals surface area contributed by atoms with Gasteiger partial charge >= 0.3 is 5.91 Å². The lowest BCUT2D eigenvalue weighted by molar-refractivity contribution is 0.0926. The summed E-state index contributed by atoms with van der Waals surface area (Å²) in [6.45, 7) is 1.75. The Kier molecular flexibility index (Phi) is 4.05. The van der Waals surface area contributed by atoms with Crippen LogP contribution in [0.2, 0.25) is 0 Å². The number of hydrazone groups is 1. The second kappa shape index (κ2) is 5.92. The molecule has 0 aliphatic heterocycles. The van der Waals surface area contributed by atoms with Crippen molar-refractivity contribution in [1.29, 1.82) is 0 Å². The third kappa shape index (κ3) is 3.17. The smallest absolute Gasteiger partial charge is 0.307 e. The molecule has 0 aliphatic rings. The summed E-state index contributed by atoms with van der Waals surface area (Å²) in [7, 11) is 1.46. The molecule has 0 fully saturated rings. The molecule has 2 aromatic rings. The van der Waals surface area contributed by atoms with E-state index in [1.54, 1.807) is 31.2 Å². The summed E-state index contributed by atoms with van der Waals surface area (Å²) >= 11 is 0. The van der Waals surface area contributed by atoms with Gasteiger partial charge in [0.15, 0.2) is 17.3 Å². The molecule has 20 heavy (non-hydrogen) atoms. The molecule has 2 N–H and O–H groups in total. The van der Waals surface area contributed by atoms with Crippen molar-refractivity contribution in [3.8, 4) is 11.5 Å². The van der Waals surface area contributed by atoms with Crippen molar-refractivity contribution in [2.45, 2.75) is 6.92 Å². The number of carbonyl (C=O) groups is 1. The molecule has 0 saturated heterocycles. The molecule has 1 aromatic heterocycles. The Balaban J connectivity index is 2.01. The minimum atomic E-state index is -0.430. The molecule has 0 radical (unpaired) electrons. The van der Waals surface area contributed by atoms with Gasteiger partial charge in [0, 0.05) is 0 Å². The van der Waals surface area contributed by atoms with Crippen molar-refractivity contribution in [2.75, 3.05) is 7.11 Å². The number of hydrogen-bond acceptors (Lipinski definition) is 5. The van der Waals surface area contributed by atoms with Crippen molar-refractivity contribution in [2.24, 2.45) is 5.10 Å². The number of methoxy groups -OCH3 is 1. The van der Waals surface area contributed by atoms with Crippen LogP contribution in [-0.4, -0.2) is 24.3 Å². The SMILES string of the molecule is COc1cc(/C=N\NC(=O)c2ccc(C)o2)ccc1O. The predicted molar refractivity (Wildman–Crippen MR) is 73.2 cm³/mol. The van der Waals surface area contributed by atoms with Gasteiger partial charge in [-0.25, -0.2) is 5.43 Å². The number of nitrogens with one attached hydrogen (secondary N) is 1. The molecule has 0 spiro atoms. The van der Waals surface area contributed by atoms with Crippen molar-refractivity contribution in [3.63, 3.8) is 0 Å². The van der Waals surface area contributed by atoms with E-state index in [9.17, 15) is 9.90 Å². The molecular weight excluding hydrogens is 260 g/mol. The van der Waals surface area contributed by atoms with Crippen molar-refractivity contribution >= 4 is 12.1 Å². The third-order valence-corrected chi connectivity index (χ3v) is 2.55. The number of phenols is 1. The second-order valence-corrected chi connectivity index (χ2v) is 4.04. The molecule has 104 valence electrons. The van der Waals surface area contributed by atoms with Gasteiger partial charge in [-0.05, 0) is 42.8 Å². The van der Waals surface area contributed by atoms with Crippen LogP contribution < -0.4 is 10.2 Å². The normalized spacial score (nSPS) is 10.7. The quantitative estimate of drug-likeness (QED) is 0.660. The minimum absolute atomic E-state index is 0.0414. The fourth-order valence-corrected chi connectivity index (χ4v) is 1.55. The van der Waals surface area contributed by atoms with Gasteiger partial charge < -0.3 is 14.3 Å². The van der Waals surface area contributed by atoms with E-state index >= 15 is 0 Å². The first kappa shape index (κ1) is 13.7. The zero-order valence-electron chi connectivity index (χ0n) is 11.1. The number of ether oxygens (including phenoxy) is 1. The highest BCUT2D eigenvalue weighted by Gasteiger charge is 2.08. The maximum atomic E-state index is 11.6. The second-order valence-electron chi connectivity index (χ2n) is 4.04. The first-order valence-electron chi connectivity index (χ1n) is 5.87. The number of carbonyl (C=O) groups excluding carboxylic acids is 1. The Bertz CT molecular complexity index is 646. The molecule has 6 nitrogen and oxygen atoms in total. The number of aromatic hydroxyl groups is 1. The number of amides is 1. The van der Waals surface area contributed by atoms with Crippen LogP contribution in [-0.2, 0) is 0 Å². The molecule has 1 heterocycles. The fraction of sp³-hybridized carbons (Fsp3) is 0.143. The number of nitrogens with zero attached hydrogens (tertiary/aromatic N) is 1. The summed E-state index contributed by atoms with van der Waals surface area (Å²) in [6.07, 6.45) is 1.44. The van der Waals surface area contributed by atoms with Crippen LogP contribution >= 0.6 is 0 Å². The number of aryl methyl sites for hydroxylation is 1. The van der Waals surface area contributed by atoms with E-state index in [4.69, 9.17) is 9.15 Å². The van der Waals surface area contributed by atoms with E-state index in [0.29, 0.717) is 17.1 Å². The monoisotopic (exact) mass is 274 g/mol. The number of hydrogen-bond donors (Lipinski definition) is 2. The maximum Gasteiger partial charge on any atom is 0.307 e. The Morgan fingerprint density at radius 3 is 2.85 bits per heavy atom. The van der Waals surface area contributed by atoms with Gasteiger partial charge in [0.05, 0.1) is 13.3 Å². The van der Waals surface area contributed by atoms with Gasteiger partial charge in [0.25, 0.3) is 0 Å². The van der Waals surface area contributed by atoms with E-state index in [1.165, 1.54) is 19.4 Å². The molecule has 0 saturated carbocycles. The Labute approximate surface area is 115 Å². The molecular formula is C14H14N2O4. The molecule has 0 atom stereocenters. The molecule has 0 unspecified atom stereocenters. The van der Waals surface area contributed by atoms with E-state index in [2.05, 4.69) is 10.5 Å². The van der Waals surface area contributed by atoms with Crippen LogP contribution in [0.1, 0.15) is 21.9 Å². The molecule has 1 aromatic carbocycles. The van der Waals surface area contributed by atoms with Crippen LogP contribution in [0.25, 0.3) is 0 Å². The van der Waals surface area contributed by atoms with E-state index in [1.807, 2.05) is 0 Å². The van der Waals surface area contributed by atoms with Gasteiger partial charge in [-0.3, -0.25) is 4.79 Å². The zero-order chi connectivity index (χ0) is 14.5. The van der Waals surface area contributed by atoms with Crippen molar-refractivity contribution in [1.82, 2.24) is 5.43 Å². The van der Waals surface area contributed by atoms with Gasteiger partial charge in [-0.15, -0.1) is 0 Å². The minimum Gasteiger partial charge on any atom is -0.504 e. The Morgan fingerprint density at radius 1 is 1.40 bits per heavy atom. The predicted octanol–water partition coefficient (Wildman–Crippen LogP) is 2.07. The number of rotatable bonds is 4. The molecule has 6 heteroatoms. The molecule has 0 aliphatic carbocycles. The third-order valence-electron chi connectivity index (χ3n) is 2.55. The van der Waals surface area contributed by atoms with Crippen LogP contribution in [0.5, 0.6) is 11.5 Å². The van der Waals surface area contributed by atoms with Crippen molar-refractivity contribution < 1.29 is 19.1 Å². The van der Waals surface area contributed by atoms with Gasteiger partial charge in [-0.2, -0.15) is 5.10 Å². The lowest BCUT2D eigenvalue weighted by atomic mass is 10.2. The van der Waals surface area contributed by atoms with Gasteiger partial charge in [0.2, 0.25) is 0 Å². The lowest BCUT2D eigenvalue weighted by Gasteiger charge is -2.03. The number of furan rings is 1. The highest BCUT2D eigenvalue weighted by molar-refractivity contribution is 5.92. The number of phenolic OH excluding ortho intramolecular Hbond substituents is 1. The summed E-state index contributed by atoms with van der Waals surface area (Å²) in [5.74, 6) is 0.798. The van der Waals surface area contributed by atoms with Crippen LogP contribution in [0.15, 0.2) is 39.9 Å². The van der Waals surface area contributed by atoms with E-state index < -0.39 is 5.91 Å². The summed E-state index contributed by atoms with van der Waals surface area (Å²) in [5.41, 5.74) is 3.02. The van der Waals surface area contributed by atoms with Crippen LogP contribution in [0.4, 0.5) is 0 Å². The summed E-state index contributed by atoms with van der Waals surface area (Å²) in [5, 5.41) is 13.3. The topological polar surface area (TPSA) is 84.1 Å². The van der Waals surface area contributed by atoms with E-state index in [-0.39, 0.29) is 11.5 Å². The van der Waals surface area contributed by atoms with E-state index in [0.717, 1.165) is 0 Å². The van der Waals surface area contributed by atoms with Crippen LogP contribution in [0.3, 0.4) is 0 Å². The molecule has 1 amide bonds. The maximum absolute atomic E-state index is 11.6. The standard InChI is InChI=1S/C14H14N2O4/c1-9-3-6-12(20-9)14(18)16-15-8-10-4-5-11(17)13(7-10)19-2/h3-8,17H,1-2H3,(H,16,18)/b15-8-. The summed E-state index contributed by atoms with van der Waals surface area (Å²) in [6, 6.07) is 8.00. The first-order chi connectivity index (χ1) is 9.60. The Morgan fingerprint density at radius 2 is 2.20 bits per heavy atom. The molecule has 0 bridgehead atoms. The summed E-state index contributed by atoms with van der Waals surface area (Å²) < 4.78 is 10.1. The van der Waals surface area contributed by atoms with Crippen molar-refractivity contribution in [3.05, 3.63) is 47.4 Å².